The number of carboxylic acid groups (broad SMARTS) is 2. The molecule has 0 aromatic heterocycles. The molecule has 1 radical (unpaired) electrons. The smallest absolute Gasteiger partial charge is 0.335 e. The van der Waals surface area contributed by atoms with Gasteiger partial charge in [0, 0.05) is 16.8 Å². The number of hydrogen-bond acceptors (Lipinski definition) is 2. The second kappa shape index (κ2) is 17.8. The number of carbonyl (C=O) groups is 2. The van der Waals surface area contributed by atoms with E-state index in [0.717, 1.165) is 0 Å². The van der Waals surface area contributed by atoms with Crippen molar-refractivity contribution in [1.29, 1.82) is 0 Å². The number of aromatic carboxylic acids is 2. The molecular weight excluding hydrogens is 355 g/mol. The molecule has 0 saturated carbocycles. The number of rotatable bonds is 2. The molecule has 0 atom stereocenters. The third kappa shape index (κ3) is 13.1. The summed E-state index contributed by atoms with van der Waals surface area (Å²) in [5.41, 5.74) is 0.662. The Balaban J connectivity index is -0.0000000771. The fraction of sp³-hybridized carbons (Fsp3) is 0. The molecule has 10 N–H and O–H groups in total. The molecule has 2 rings (SSSR count). The SMILES string of the molecule is O.O.O.O.O=C(O)c1ccccc1.O=C(O)c1ccccc1.[Co]. The third-order valence-corrected chi connectivity index (χ3v) is 2.04. The van der Waals surface area contributed by atoms with Gasteiger partial charge in [-0.3, -0.25) is 0 Å². The molecule has 8 nitrogen and oxygen atoms in total. The van der Waals surface area contributed by atoms with Gasteiger partial charge in [-0.15, -0.1) is 0 Å². The molecular formula is C14H20CoO8. The largest absolute Gasteiger partial charge is 0.478 e. The van der Waals surface area contributed by atoms with E-state index in [1.807, 2.05) is 0 Å². The Morgan fingerprint density at radius 1 is 0.565 bits per heavy atom. The Labute approximate surface area is 142 Å². The van der Waals surface area contributed by atoms with E-state index in [-0.39, 0.29) is 38.7 Å². The molecule has 0 saturated heterocycles. The normalized spacial score (nSPS) is 6.96. The first-order chi connectivity index (χ1) is 8.61. The first kappa shape index (κ1) is 32.6. The second-order valence-electron chi connectivity index (χ2n) is 3.34. The van der Waals surface area contributed by atoms with Crippen molar-refractivity contribution in [3.63, 3.8) is 0 Å². The Bertz CT molecular complexity index is 469. The Morgan fingerprint density at radius 2 is 0.783 bits per heavy atom. The van der Waals surface area contributed by atoms with Crippen molar-refractivity contribution >= 4 is 11.9 Å². The van der Waals surface area contributed by atoms with Crippen molar-refractivity contribution in [2.75, 3.05) is 0 Å². The Hall–Kier alpha value is -2.27. The van der Waals surface area contributed by atoms with Gasteiger partial charge in [0.25, 0.3) is 0 Å². The van der Waals surface area contributed by atoms with Crippen LogP contribution in [-0.2, 0) is 16.8 Å². The van der Waals surface area contributed by atoms with Crippen molar-refractivity contribution in [1.82, 2.24) is 0 Å². The van der Waals surface area contributed by atoms with Gasteiger partial charge in [0.2, 0.25) is 0 Å². The quantitative estimate of drug-likeness (QED) is 0.710. The van der Waals surface area contributed by atoms with Crippen molar-refractivity contribution in [3.8, 4) is 0 Å². The van der Waals surface area contributed by atoms with Gasteiger partial charge >= 0.3 is 11.9 Å². The molecule has 0 unspecified atom stereocenters. The summed E-state index contributed by atoms with van der Waals surface area (Å²) >= 11 is 0. The summed E-state index contributed by atoms with van der Waals surface area (Å²) in [4.78, 5) is 20.4. The molecule has 2 aromatic rings. The van der Waals surface area contributed by atoms with Crippen molar-refractivity contribution < 1.29 is 58.5 Å². The van der Waals surface area contributed by atoms with Crippen LogP contribution in [0.2, 0.25) is 0 Å². The van der Waals surface area contributed by atoms with E-state index in [0.29, 0.717) is 11.1 Å². The molecule has 133 valence electrons. The number of benzene rings is 2. The van der Waals surface area contributed by atoms with Gasteiger partial charge < -0.3 is 32.1 Å². The zero-order valence-corrected chi connectivity index (χ0v) is 12.9. The second-order valence-corrected chi connectivity index (χ2v) is 3.34. The van der Waals surface area contributed by atoms with Crippen molar-refractivity contribution in [2.24, 2.45) is 0 Å². The molecule has 9 heteroatoms. The summed E-state index contributed by atoms with van der Waals surface area (Å²) in [5, 5.41) is 16.8. The summed E-state index contributed by atoms with van der Waals surface area (Å²) in [6.07, 6.45) is 0. The van der Waals surface area contributed by atoms with E-state index in [1.165, 1.54) is 0 Å². The van der Waals surface area contributed by atoms with Crippen LogP contribution in [-0.4, -0.2) is 44.1 Å². The van der Waals surface area contributed by atoms with Crippen LogP contribution in [0.1, 0.15) is 20.7 Å². The molecule has 0 heterocycles. The minimum absolute atomic E-state index is 0. The van der Waals surface area contributed by atoms with Crippen LogP contribution in [0, 0.1) is 0 Å². The summed E-state index contributed by atoms with van der Waals surface area (Å²) in [7, 11) is 0. The summed E-state index contributed by atoms with van der Waals surface area (Å²) in [6, 6.07) is 16.6. The van der Waals surface area contributed by atoms with Crippen LogP contribution >= 0.6 is 0 Å². The summed E-state index contributed by atoms with van der Waals surface area (Å²) in [6.45, 7) is 0. The minimum Gasteiger partial charge on any atom is -0.478 e. The molecule has 0 bridgehead atoms. The molecule has 0 fully saturated rings. The molecule has 2 aromatic carbocycles. The van der Waals surface area contributed by atoms with Crippen LogP contribution in [0.25, 0.3) is 0 Å². The number of carboxylic acids is 2. The number of hydrogen-bond donors (Lipinski definition) is 2. The maximum Gasteiger partial charge on any atom is 0.335 e. The first-order valence-electron chi connectivity index (χ1n) is 5.18. The van der Waals surface area contributed by atoms with Gasteiger partial charge in [-0.1, -0.05) is 36.4 Å². The zero-order chi connectivity index (χ0) is 13.4. The molecule has 0 amide bonds. The van der Waals surface area contributed by atoms with Gasteiger partial charge in [0.05, 0.1) is 11.1 Å². The average Bonchev–Trinajstić information content (AvgIpc) is 2.41. The van der Waals surface area contributed by atoms with Crippen LogP contribution in [0.5, 0.6) is 0 Å². The van der Waals surface area contributed by atoms with Gasteiger partial charge in [0.15, 0.2) is 0 Å². The van der Waals surface area contributed by atoms with Crippen molar-refractivity contribution in [2.45, 2.75) is 0 Å². The van der Waals surface area contributed by atoms with Crippen LogP contribution in [0.3, 0.4) is 0 Å². The van der Waals surface area contributed by atoms with Gasteiger partial charge in [-0.25, -0.2) is 9.59 Å². The summed E-state index contributed by atoms with van der Waals surface area (Å²) < 4.78 is 0. The van der Waals surface area contributed by atoms with E-state index in [4.69, 9.17) is 10.2 Å². The third-order valence-electron chi connectivity index (χ3n) is 2.04. The van der Waals surface area contributed by atoms with Crippen LogP contribution in [0.15, 0.2) is 60.7 Å². The van der Waals surface area contributed by atoms with E-state index >= 15 is 0 Å². The van der Waals surface area contributed by atoms with E-state index < -0.39 is 11.9 Å². The predicted octanol–water partition coefficient (Wildman–Crippen LogP) is -0.532. The van der Waals surface area contributed by atoms with Gasteiger partial charge in [0.1, 0.15) is 0 Å². The zero-order valence-electron chi connectivity index (χ0n) is 11.8. The van der Waals surface area contributed by atoms with E-state index in [2.05, 4.69) is 0 Å². The van der Waals surface area contributed by atoms with Gasteiger partial charge in [-0.2, -0.15) is 0 Å². The maximum atomic E-state index is 10.2. The molecule has 0 spiro atoms. The standard InChI is InChI=1S/2C7H6O2.Co.4H2O/c2*8-7(9)6-4-2-1-3-5-6;;;;;/h2*1-5H,(H,8,9);;4*1H2. The maximum absolute atomic E-state index is 10.2. The Kier molecular flexibility index (Phi) is 25.2. The monoisotopic (exact) mass is 375 g/mol. The van der Waals surface area contributed by atoms with Crippen LogP contribution in [0.4, 0.5) is 0 Å². The van der Waals surface area contributed by atoms with Crippen molar-refractivity contribution in [3.05, 3.63) is 71.8 Å². The van der Waals surface area contributed by atoms with E-state index in [1.54, 1.807) is 60.7 Å². The average molecular weight is 375 g/mol. The topological polar surface area (TPSA) is 201 Å². The molecule has 0 aliphatic rings. The first-order valence-corrected chi connectivity index (χ1v) is 5.18. The van der Waals surface area contributed by atoms with E-state index in [9.17, 15) is 9.59 Å². The molecule has 23 heavy (non-hydrogen) atoms. The Morgan fingerprint density at radius 3 is 0.913 bits per heavy atom. The van der Waals surface area contributed by atoms with Crippen LogP contribution < -0.4 is 0 Å². The molecule has 0 aliphatic heterocycles. The predicted molar refractivity (Wildman–Crippen MR) is 81.3 cm³/mol. The fourth-order valence-corrected chi connectivity index (χ4v) is 1.16. The minimum atomic E-state index is -0.879. The summed E-state index contributed by atoms with van der Waals surface area (Å²) in [5.74, 6) is -1.76. The van der Waals surface area contributed by atoms with Gasteiger partial charge in [-0.05, 0) is 24.3 Å². The molecule has 0 aliphatic carbocycles. The fourth-order valence-electron chi connectivity index (χ4n) is 1.16.